The molecule has 0 N–H and O–H groups in total. The quantitative estimate of drug-likeness (QED) is 0.757. The third-order valence-electron chi connectivity index (χ3n) is 4.75. The maximum atomic E-state index is 12.5. The number of hydrogen-bond donors (Lipinski definition) is 0. The zero-order valence-corrected chi connectivity index (χ0v) is 15.4. The van der Waals surface area contributed by atoms with Crippen LogP contribution in [0.3, 0.4) is 0 Å². The van der Waals surface area contributed by atoms with Crippen molar-refractivity contribution < 1.29 is 19.1 Å². The van der Waals surface area contributed by atoms with E-state index in [-0.39, 0.29) is 18.4 Å². The Balaban J connectivity index is 1.82. The molecule has 0 atom stereocenters. The second kappa shape index (κ2) is 9.42. The van der Waals surface area contributed by atoms with E-state index in [4.69, 9.17) is 9.47 Å². The largest absolute Gasteiger partial charge is 0.497 e. The molecule has 0 aliphatic carbocycles. The lowest BCUT2D eigenvalue weighted by Crippen LogP contribution is -2.44. The third kappa shape index (κ3) is 5.46. The molecule has 138 valence electrons. The Kier molecular flexibility index (Phi) is 7.25. The molecule has 2 amide bonds. The number of amides is 2. The van der Waals surface area contributed by atoms with E-state index < -0.39 is 0 Å². The van der Waals surface area contributed by atoms with E-state index in [1.54, 1.807) is 45.5 Å². The van der Waals surface area contributed by atoms with Crippen molar-refractivity contribution >= 4 is 11.8 Å². The summed E-state index contributed by atoms with van der Waals surface area (Å²) in [6.07, 6.45) is 3.06. The van der Waals surface area contributed by atoms with E-state index >= 15 is 0 Å². The van der Waals surface area contributed by atoms with Gasteiger partial charge in [0.25, 0.3) is 5.91 Å². The van der Waals surface area contributed by atoms with Gasteiger partial charge in [-0.2, -0.15) is 0 Å². The second-order valence-electron chi connectivity index (χ2n) is 6.50. The van der Waals surface area contributed by atoms with Crippen LogP contribution in [0.4, 0.5) is 0 Å². The summed E-state index contributed by atoms with van der Waals surface area (Å²) in [5.74, 6) is 1.18. The summed E-state index contributed by atoms with van der Waals surface area (Å²) in [7, 11) is 4.96. The molecule has 0 unspecified atom stereocenters. The van der Waals surface area contributed by atoms with E-state index in [2.05, 4.69) is 0 Å². The minimum Gasteiger partial charge on any atom is -0.497 e. The van der Waals surface area contributed by atoms with Crippen molar-refractivity contribution in [3.63, 3.8) is 0 Å². The highest BCUT2D eigenvalue weighted by molar-refractivity contribution is 5.96. The number of likely N-dealkylation sites (tertiary alicyclic amines) is 1. The highest BCUT2D eigenvalue weighted by Crippen LogP contribution is 2.20. The molecule has 0 saturated carbocycles. The van der Waals surface area contributed by atoms with Crippen LogP contribution in [0.2, 0.25) is 0 Å². The smallest absolute Gasteiger partial charge is 0.254 e. The molecule has 6 nitrogen and oxygen atoms in total. The average molecular weight is 348 g/mol. The zero-order chi connectivity index (χ0) is 18.2. The number of likely N-dealkylation sites (N-methyl/N-ethyl adjacent to an activating group) is 1. The molecule has 1 aromatic rings. The van der Waals surface area contributed by atoms with Gasteiger partial charge in [-0.15, -0.1) is 0 Å². The first-order chi connectivity index (χ1) is 12.0. The standard InChI is InChI=1S/C19H28N2O4/c1-20(19(23)16-4-6-17(25-3)7-5-16)14-18(22)21-11-8-15(9-12-21)10-13-24-2/h4-7,15H,8-14H2,1-3H3. The van der Waals surface area contributed by atoms with Crippen LogP contribution in [0.1, 0.15) is 29.6 Å². The van der Waals surface area contributed by atoms with Crippen LogP contribution in [-0.4, -0.2) is 69.1 Å². The minimum absolute atomic E-state index is 0.00885. The molecule has 6 heteroatoms. The maximum absolute atomic E-state index is 12.5. The van der Waals surface area contributed by atoms with E-state index in [1.807, 2.05) is 4.90 Å². The van der Waals surface area contributed by atoms with Crippen molar-refractivity contribution in [3.8, 4) is 5.75 Å². The molecular weight excluding hydrogens is 320 g/mol. The summed E-state index contributed by atoms with van der Waals surface area (Å²) in [4.78, 5) is 28.2. The summed E-state index contributed by atoms with van der Waals surface area (Å²) in [5.41, 5.74) is 0.550. The number of methoxy groups -OCH3 is 2. The van der Waals surface area contributed by atoms with Crippen LogP contribution in [0.25, 0.3) is 0 Å². The predicted molar refractivity (Wildman–Crippen MR) is 95.8 cm³/mol. The number of carbonyl (C=O) groups excluding carboxylic acids is 2. The molecule has 1 heterocycles. The van der Waals surface area contributed by atoms with Crippen molar-refractivity contribution in [1.29, 1.82) is 0 Å². The molecule has 0 bridgehead atoms. The summed E-state index contributed by atoms with van der Waals surface area (Å²) in [6.45, 7) is 2.40. The van der Waals surface area contributed by atoms with Gasteiger partial charge in [0.15, 0.2) is 0 Å². The lowest BCUT2D eigenvalue weighted by atomic mass is 9.94. The van der Waals surface area contributed by atoms with E-state index in [0.717, 1.165) is 39.0 Å². The number of rotatable bonds is 7. The molecule has 1 aliphatic heterocycles. The topological polar surface area (TPSA) is 59.1 Å². The van der Waals surface area contributed by atoms with Crippen molar-refractivity contribution in [2.24, 2.45) is 5.92 Å². The van der Waals surface area contributed by atoms with Gasteiger partial charge in [-0.05, 0) is 49.4 Å². The van der Waals surface area contributed by atoms with Crippen LogP contribution < -0.4 is 4.74 Å². The molecule has 25 heavy (non-hydrogen) atoms. The van der Waals surface area contributed by atoms with E-state index in [0.29, 0.717) is 17.2 Å². The Labute approximate surface area is 149 Å². The van der Waals surface area contributed by atoms with Gasteiger partial charge in [0.1, 0.15) is 5.75 Å². The first kappa shape index (κ1) is 19.2. The lowest BCUT2D eigenvalue weighted by molar-refractivity contribution is -0.133. The molecule has 0 radical (unpaired) electrons. The van der Waals surface area contributed by atoms with Gasteiger partial charge >= 0.3 is 0 Å². The highest BCUT2D eigenvalue weighted by atomic mass is 16.5. The summed E-state index contributed by atoms with van der Waals surface area (Å²) < 4.78 is 10.2. The van der Waals surface area contributed by atoms with Gasteiger partial charge in [0, 0.05) is 39.4 Å². The third-order valence-corrected chi connectivity index (χ3v) is 4.75. The number of carbonyl (C=O) groups is 2. The van der Waals surface area contributed by atoms with Crippen LogP contribution in [0.5, 0.6) is 5.75 Å². The van der Waals surface area contributed by atoms with E-state index in [9.17, 15) is 9.59 Å². The molecule has 1 saturated heterocycles. The first-order valence-corrected chi connectivity index (χ1v) is 8.71. The Morgan fingerprint density at radius 3 is 2.36 bits per heavy atom. The van der Waals surface area contributed by atoms with Gasteiger partial charge in [0.05, 0.1) is 13.7 Å². The van der Waals surface area contributed by atoms with Crippen molar-refractivity contribution in [2.45, 2.75) is 19.3 Å². The average Bonchev–Trinajstić information content (AvgIpc) is 2.66. The van der Waals surface area contributed by atoms with Crippen molar-refractivity contribution in [1.82, 2.24) is 9.80 Å². The minimum atomic E-state index is -0.161. The number of piperidine rings is 1. The number of ether oxygens (including phenoxy) is 2. The van der Waals surface area contributed by atoms with Crippen molar-refractivity contribution in [2.75, 3.05) is 47.5 Å². The molecule has 0 aromatic heterocycles. The van der Waals surface area contributed by atoms with Gasteiger partial charge < -0.3 is 19.3 Å². The number of benzene rings is 1. The first-order valence-electron chi connectivity index (χ1n) is 8.71. The SMILES string of the molecule is COCCC1CCN(C(=O)CN(C)C(=O)c2ccc(OC)cc2)CC1. The van der Waals surface area contributed by atoms with Crippen LogP contribution in [-0.2, 0) is 9.53 Å². The van der Waals surface area contributed by atoms with E-state index in [1.165, 1.54) is 4.90 Å². The van der Waals surface area contributed by atoms with Gasteiger partial charge in [-0.1, -0.05) is 0 Å². The fraction of sp³-hybridized carbons (Fsp3) is 0.579. The van der Waals surface area contributed by atoms with Gasteiger partial charge in [-0.3, -0.25) is 9.59 Å². The summed E-state index contributed by atoms with van der Waals surface area (Å²) >= 11 is 0. The Bertz CT molecular complexity index is 565. The van der Waals surface area contributed by atoms with Crippen LogP contribution in [0.15, 0.2) is 24.3 Å². The Hall–Kier alpha value is -2.08. The van der Waals surface area contributed by atoms with Crippen LogP contribution >= 0.6 is 0 Å². The molecule has 1 aliphatic rings. The Morgan fingerprint density at radius 2 is 1.80 bits per heavy atom. The Morgan fingerprint density at radius 1 is 1.16 bits per heavy atom. The molecule has 2 rings (SSSR count). The summed E-state index contributed by atoms with van der Waals surface area (Å²) in [6, 6.07) is 6.91. The fourth-order valence-electron chi connectivity index (χ4n) is 3.08. The van der Waals surface area contributed by atoms with Gasteiger partial charge in [0.2, 0.25) is 5.91 Å². The maximum Gasteiger partial charge on any atom is 0.254 e. The van der Waals surface area contributed by atoms with Crippen molar-refractivity contribution in [3.05, 3.63) is 29.8 Å². The fourth-order valence-corrected chi connectivity index (χ4v) is 3.08. The molecular formula is C19H28N2O4. The molecule has 0 spiro atoms. The predicted octanol–water partition coefficient (Wildman–Crippen LogP) is 2.04. The summed E-state index contributed by atoms with van der Waals surface area (Å²) in [5, 5.41) is 0. The number of hydrogen-bond acceptors (Lipinski definition) is 4. The number of nitrogens with zero attached hydrogens (tertiary/aromatic N) is 2. The lowest BCUT2D eigenvalue weighted by Gasteiger charge is -2.33. The normalized spacial score (nSPS) is 15.1. The monoisotopic (exact) mass is 348 g/mol. The van der Waals surface area contributed by atoms with Crippen LogP contribution in [0, 0.1) is 5.92 Å². The molecule has 1 aromatic carbocycles. The molecule has 1 fully saturated rings. The second-order valence-corrected chi connectivity index (χ2v) is 6.50. The van der Waals surface area contributed by atoms with Gasteiger partial charge in [-0.25, -0.2) is 0 Å². The highest BCUT2D eigenvalue weighted by Gasteiger charge is 2.24. The zero-order valence-electron chi connectivity index (χ0n) is 15.4.